The molecular formula is C15H15Cl2N3O3. The van der Waals surface area contributed by atoms with E-state index in [-0.39, 0.29) is 18.2 Å². The van der Waals surface area contributed by atoms with Crippen LogP contribution in [0.25, 0.3) is 0 Å². The van der Waals surface area contributed by atoms with Crippen LogP contribution in [-0.4, -0.2) is 41.4 Å². The Bertz CT molecular complexity index is 664. The van der Waals surface area contributed by atoms with E-state index in [1.165, 1.54) is 0 Å². The maximum atomic E-state index is 12.4. The Morgan fingerprint density at radius 2 is 1.78 bits per heavy atom. The molecule has 2 aliphatic heterocycles. The molecule has 23 heavy (non-hydrogen) atoms. The molecule has 0 unspecified atom stereocenters. The van der Waals surface area contributed by atoms with Crippen LogP contribution in [0, 0.1) is 0 Å². The van der Waals surface area contributed by atoms with E-state index in [1.807, 2.05) is 0 Å². The molecule has 0 atom stereocenters. The SMILES string of the molecule is O=C1NC(=O)C2(CCN(C(=O)Cc3c(Cl)cccc3Cl)CC2)N1. The number of nitrogens with zero attached hydrogens (tertiary/aromatic N) is 1. The van der Waals surface area contributed by atoms with Crippen LogP contribution in [0.2, 0.25) is 10.0 Å². The highest BCUT2D eigenvalue weighted by atomic mass is 35.5. The molecule has 6 nitrogen and oxygen atoms in total. The molecule has 0 radical (unpaired) electrons. The fraction of sp³-hybridized carbons (Fsp3) is 0.400. The van der Waals surface area contributed by atoms with Gasteiger partial charge in [-0.2, -0.15) is 0 Å². The van der Waals surface area contributed by atoms with Gasteiger partial charge in [-0.3, -0.25) is 14.9 Å². The van der Waals surface area contributed by atoms with Crippen molar-refractivity contribution in [3.8, 4) is 0 Å². The minimum Gasteiger partial charge on any atom is -0.342 e. The maximum absolute atomic E-state index is 12.4. The van der Waals surface area contributed by atoms with Crippen LogP contribution >= 0.6 is 23.2 Å². The minimum absolute atomic E-state index is 0.0976. The number of likely N-dealkylation sites (tertiary alicyclic amines) is 1. The summed E-state index contributed by atoms with van der Waals surface area (Å²) in [4.78, 5) is 37.3. The van der Waals surface area contributed by atoms with Crippen molar-refractivity contribution in [1.82, 2.24) is 15.5 Å². The molecule has 3 rings (SSSR count). The molecule has 4 amide bonds. The lowest BCUT2D eigenvalue weighted by molar-refractivity contribution is -0.135. The number of amides is 4. The molecule has 122 valence electrons. The molecule has 2 saturated heterocycles. The molecule has 2 heterocycles. The second-order valence-electron chi connectivity index (χ2n) is 5.75. The Morgan fingerprint density at radius 3 is 2.30 bits per heavy atom. The van der Waals surface area contributed by atoms with Crippen molar-refractivity contribution < 1.29 is 14.4 Å². The first-order chi connectivity index (χ1) is 10.9. The lowest BCUT2D eigenvalue weighted by Gasteiger charge is -2.37. The largest absolute Gasteiger partial charge is 0.342 e. The third-order valence-electron chi connectivity index (χ3n) is 4.37. The quantitative estimate of drug-likeness (QED) is 0.793. The molecule has 2 fully saturated rings. The molecule has 0 aromatic heterocycles. The highest BCUT2D eigenvalue weighted by Crippen LogP contribution is 2.28. The van der Waals surface area contributed by atoms with E-state index in [2.05, 4.69) is 10.6 Å². The van der Waals surface area contributed by atoms with Crippen molar-refractivity contribution >= 4 is 41.0 Å². The van der Waals surface area contributed by atoms with Gasteiger partial charge in [0.2, 0.25) is 5.91 Å². The standard InChI is InChI=1S/C15H15Cl2N3O3/c16-10-2-1-3-11(17)9(10)8-12(21)20-6-4-15(5-7-20)13(22)18-14(23)19-15/h1-3H,4-8H2,(H2,18,19,22,23). The number of halogens is 2. The zero-order valence-corrected chi connectivity index (χ0v) is 13.7. The number of carbonyl (C=O) groups is 3. The predicted octanol–water partition coefficient (Wildman–Crippen LogP) is 1.74. The third-order valence-corrected chi connectivity index (χ3v) is 5.08. The second-order valence-corrected chi connectivity index (χ2v) is 6.56. The smallest absolute Gasteiger partial charge is 0.322 e. The topological polar surface area (TPSA) is 78.5 Å². The summed E-state index contributed by atoms with van der Waals surface area (Å²) in [5.41, 5.74) is -0.274. The molecule has 0 saturated carbocycles. The normalized spacial score (nSPS) is 19.7. The van der Waals surface area contributed by atoms with E-state index in [0.717, 1.165) is 0 Å². The van der Waals surface area contributed by atoms with Gasteiger partial charge in [0.25, 0.3) is 5.91 Å². The van der Waals surface area contributed by atoms with Crippen LogP contribution in [0.5, 0.6) is 0 Å². The third kappa shape index (κ3) is 3.01. The Kier molecular flexibility index (Phi) is 4.21. The molecular weight excluding hydrogens is 341 g/mol. The number of benzene rings is 1. The number of hydrogen-bond acceptors (Lipinski definition) is 3. The summed E-state index contributed by atoms with van der Waals surface area (Å²) in [5, 5.41) is 5.84. The van der Waals surface area contributed by atoms with Crippen molar-refractivity contribution in [3.05, 3.63) is 33.8 Å². The van der Waals surface area contributed by atoms with Gasteiger partial charge in [-0.15, -0.1) is 0 Å². The highest BCUT2D eigenvalue weighted by Gasteiger charge is 2.48. The number of hydrogen-bond donors (Lipinski definition) is 2. The summed E-state index contributed by atoms with van der Waals surface area (Å²) < 4.78 is 0. The van der Waals surface area contributed by atoms with Crippen molar-refractivity contribution in [2.75, 3.05) is 13.1 Å². The molecule has 2 aliphatic rings. The van der Waals surface area contributed by atoms with Crippen molar-refractivity contribution in [2.24, 2.45) is 0 Å². The average molecular weight is 356 g/mol. The van der Waals surface area contributed by atoms with E-state index in [0.29, 0.717) is 41.5 Å². The second kappa shape index (κ2) is 6.02. The van der Waals surface area contributed by atoms with E-state index < -0.39 is 11.6 Å². The summed E-state index contributed by atoms with van der Waals surface area (Å²) in [5.74, 6) is -0.414. The average Bonchev–Trinajstić information content (AvgIpc) is 2.77. The maximum Gasteiger partial charge on any atom is 0.322 e. The monoisotopic (exact) mass is 355 g/mol. The first-order valence-electron chi connectivity index (χ1n) is 7.25. The lowest BCUT2D eigenvalue weighted by Crippen LogP contribution is -2.55. The van der Waals surface area contributed by atoms with Gasteiger partial charge in [-0.25, -0.2) is 4.79 Å². The van der Waals surface area contributed by atoms with E-state index in [1.54, 1.807) is 23.1 Å². The Morgan fingerprint density at radius 1 is 1.17 bits per heavy atom. The number of urea groups is 1. The summed E-state index contributed by atoms with van der Waals surface area (Å²) in [6.45, 7) is 0.795. The Balaban J connectivity index is 1.65. The zero-order valence-electron chi connectivity index (χ0n) is 12.2. The van der Waals surface area contributed by atoms with Crippen molar-refractivity contribution in [2.45, 2.75) is 24.8 Å². The van der Waals surface area contributed by atoms with Gasteiger partial charge in [0.1, 0.15) is 5.54 Å². The molecule has 0 bridgehead atoms. The number of rotatable bonds is 2. The van der Waals surface area contributed by atoms with Gasteiger partial charge >= 0.3 is 6.03 Å². The van der Waals surface area contributed by atoms with Crippen LogP contribution in [0.3, 0.4) is 0 Å². The number of imide groups is 1. The number of nitrogens with one attached hydrogen (secondary N) is 2. The Labute approximate surface area is 143 Å². The summed E-state index contributed by atoms with van der Waals surface area (Å²) in [6, 6.07) is 4.64. The first kappa shape index (κ1) is 16.1. The predicted molar refractivity (Wildman–Crippen MR) is 85.4 cm³/mol. The van der Waals surface area contributed by atoms with Gasteiger partial charge in [0.15, 0.2) is 0 Å². The van der Waals surface area contributed by atoms with Gasteiger partial charge in [0.05, 0.1) is 6.42 Å². The van der Waals surface area contributed by atoms with Crippen LogP contribution < -0.4 is 10.6 Å². The molecule has 1 aromatic rings. The lowest BCUT2D eigenvalue weighted by atomic mass is 9.87. The molecule has 2 N–H and O–H groups in total. The van der Waals surface area contributed by atoms with Crippen molar-refractivity contribution in [1.29, 1.82) is 0 Å². The van der Waals surface area contributed by atoms with Crippen molar-refractivity contribution in [3.63, 3.8) is 0 Å². The summed E-state index contributed by atoms with van der Waals surface area (Å²) >= 11 is 12.2. The van der Waals surface area contributed by atoms with Crippen LogP contribution in [-0.2, 0) is 16.0 Å². The fourth-order valence-electron chi connectivity index (χ4n) is 2.98. The molecule has 8 heteroatoms. The van der Waals surface area contributed by atoms with Crippen LogP contribution in [0.4, 0.5) is 4.79 Å². The summed E-state index contributed by atoms with van der Waals surface area (Å²) in [7, 11) is 0. The van der Waals surface area contributed by atoms with Gasteiger partial charge in [-0.05, 0) is 30.5 Å². The van der Waals surface area contributed by atoms with Gasteiger partial charge in [0, 0.05) is 23.1 Å². The van der Waals surface area contributed by atoms with Gasteiger partial charge < -0.3 is 10.2 Å². The Hall–Kier alpha value is -1.79. The van der Waals surface area contributed by atoms with Gasteiger partial charge in [-0.1, -0.05) is 29.3 Å². The van der Waals surface area contributed by atoms with E-state index in [9.17, 15) is 14.4 Å². The van der Waals surface area contributed by atoms with E-state index in [4.69, 9.17) is 23.2 Å². The zero-order chi connectivity index (χ0) is 16.6. The molecule has 0 aliphatic carbocycles. The summed E-state index contributed by atoms with van der Waals surface area (Å²) in [6.07, 6.45) is 0.906. The number of carbonyl (C=O) groups excluding carboxylic acids is 3. The molecule has 1 spiro atoms. The molecule has 1 aromatic carbocycles. The van der Waals surface area contributed by atoms with E-state index >= 15 is 0 Å². The van der Waals surface area contributed by atoms with Crippen LogP contribution in [0.1, 0.15) is 18.4 Å². The number of piperidine rings is 1. The van der Waals surface area contributed by atoms with Crippen LogP contribution in [0.15, 0.2) is 18.2 Å². The highest BCUT2D eigenvalue weighted by molar-refractivity contribution is 6.36. The fourth-order valence-corrected chi connectivity index (χ4v) is 3.51. The first-order valence-corrected chi connectivity index (χ1v) is 8.01. The minimum atomic E-state index is -0.879.